The van der Waals surface area contributed by atoms with Gasteiger partial charge in [0, 0.05) is 13.7 Å². The molecule has 0 amide bonds. The predicted molar refractivity (Wildman–Crippen MR) is 61.5 cm³/mol. The van der Waals surface area contributed by atoms with Crippen LogP contribution in [0.1, 0.15) is 58.3 Å². The number of unbranched alkanes of at least 4 members (excludes halogenated alkanes) is 2. The topological polar surface area (TPSA) is 9.23 Å². The van der Waals surface area contributed by atoms with Crippen LogP contribution >= 0.6 is 0 Å². The minimum atomic E-state index is 0.863. The number of rotatable bonds is 6. The van der Waals surface area contributed by atoms with Gasteiger partial charge in [-0.1, -0.05) is 45.4 Å². The summed E-state index contributed by atoms with van der Waals surface area (Å²) < 4.78 is 5.22. The van der Waals surface area contributed by atoms with Gasteiger partial charge in [-0.3, -0.25) is 0 Å². The maximum absolute atomic E-state index is 5.22. The van der Waals surface area contributed by atoms with E-state index in [0.29, 0.717) is 0 Å². The predicted octanol–water partition coefficient (Wildman–Crippen LogP) is 4.02. The van der Waals surface area contributed by atoms with Crippen LogP contribution in [0, 0.1) is 11.8 Å². The zero-order valence-corrected chi connectivity index (χ0v) is 9.93. The standard InChI is InChI=1S/C13H26O/c1-3-4-5-6-12-7-9-13(10-8-12)11-14-2/h12-13H,3-11H2,1-2H3. The summed E-state index contributed by atoms with van der Waals surface area (Å²) in [5.41, 5.74) is 0. The van der Waals surface area contributed by atoms with E-state index in [9.17, 15) is 0 Å². The van der Waals surface area contributed by atoms with E-state index in [4.69, 9.17) is 4.74 Å². The number of methoxy groups -OCH3 is 1. The van der Waals surface area contributed by atoms with E-state index in [1.54, 1.807) is 0 Å². The van der Waals surface area contributed by atoms with E-state index in [-0.39, 0.29) is 0 Å². The van der Waals surface area contributed by atoms with Crippen LogP contribution in [0.5, 0.6) is 0 Å². The van der Waals surface area contributed by atoms with Crippen molar-refractivity contribution >= 4 is 0 Å². The molecule has 0 aliphatic heterocycles. The van der Waals surface area contributed by atoms with Gasteiger partial charge in [0.15, 0.2) is 0 Å². The summed E-state index contributed by atoms with van der Waals surface area (Å²) in [4.78, 5) is 0. The first-order valence-electron chi connectivity index (χ1n) is 6.35. The van der Waals surface area contributed by atoms with E-state index in [0.717, 1.165) is 18.4 Å². The summed E-state index contributed by atoms with van der Waals surface area (Å²) in [6.45, 7) is 3.27. The normalized spacial score (nSPS) is 27.9. The van der Waals surface area contributed by atoms with Crippen LogP contribution in [0.15, 0.2) is 0 Å². The van der Waals surface area contributed by atoms with Crippen molar-refractivity contribution in [2.75, 3.05) is 13.7 Å². The summed E-state index contributed by atoms with van der Waals surface area (Å²) in [6, 6.07) is 0. The summed E-state index contributed by atoms with van der Waals surface area (Å²) >= 11 is 0. The van der Waals surface area contributed by atoms with Crippen molar-refractivity contribution in [1.82, 2.24) is 0 Å². The zero-order chi connectivity index (χ0) is 10.2. The van der Waals surface area contributed by atoms with E-state index in [1.165, 1.54) is 51.4 Å². The van der Waals surface area contributed by atoms with Crippen LogP contribution in [0.4, 0.5) is 0 Å². The van der Waals surface area contributed by atoms with Gasteiger partial charge in [-0.05, 0) is 24.7 Å². The van der Waals surface area contributed by atoms with Crippen molar-refractivity contribution in [1.29, 1.82) is 0 Å². The van der Waals surface area contributed by atoms with E-state index >= 15 is 0 Å². The van der Waals surface area contributed by atoms with Gasteiger partial charge in [-0.25, -0.2) is 0 Å². The van der Waals surface area contributed by atoms with Crippen molar-refractivity contribution in [3.8, 4) is 0 Å². The molecule has 1 rings (SSSR count). The molecule has 1 aliphatic rings. The Morgan fingerprint density at radius 1 is 1.00 bits per heavy atom. The zero-order valence-electron chi connectivity index (χ0n) is 9.93. The number of hydrogen-bond acceptors (Lipinski definition) is 1. The SMILES string of the molecule is CCCCCC1CCC(COC)CC1. The van der Waals surface area contributed by atoms with Crippen molar-refractivity contribution < 1.29 is 4.74 Å². The first-order chi connectivity index (χ1) is 6.86. The lowest BCUT2D eigenvalue weighted by atomic mass is 9.80. The highest BCUT2D eigenvalue weighted by molar-refractivity contribution is 4.72. The molecule has 0 bridgehead atoms. The molecule has 0 N–H and O–H groups in total. The third kappa shape index (κ3) is 4.45. The van der Waals surface area contributed by atoms with Gasteiger partial charge in [0.05, 0.1) is 0 Å². The fourth-order valence-corrected chi connectivity index (χ4v) is 2.61. The van der Waals surface area contributed by atoms with Gasteiger partial charge in [0.25, 0.3) is 0 Å². The van der Waals surface area contributed by atoms with Crippen LogP contribution < -0.4 is 0 Å². The molecule has 1 fully saturated rings. The Bertz CT molecular complexity index is 125. The molecule has 1 aliphatic carbocycles. The molecule has 14 heavy (non-hydrogen) atoms. The molecule has 1 saturated carbocycles. The Balaban J connectivity index is 2.03. The second-order valence-corrected chi connectivity index (χ2v) is 4.84. The van der Waals surface area contributed by atoms with E-state index < -0.39 is 0 Å². The van der Waals surface area contributed by atoms with Gasteiger partial charge in [0.2, 0.25) is 0 Å². The molecule has 0 atom stereocenters. The second kappa shape index (κ2) is 7.28. The van der Waals surface area contributed by atoms with E-state index in [1.807, 2.05) is 7.11 Å². The lowest BCUT2D eigenvalue weighted by molar-refractivity contribution is 0.117. The highest BCUT2D eigenvalue weighted by Crippen LogP contribution is 2.31. The molecule has 0 heterocycles. The van der Waals surface area contributed by atoms with Gasteiger partial charge in [0.1, 0.15) is 0 Å². The monoisotopic (exact) mass is 198 g/mol. The van der Waals surface area contributed by atoms with Gasteiger partial charge < -0.3 is 4.74 Å². The Hall–Kier alpha value is -0.0400. The maximum atomic E-state index is 5.22. The summed E-state index contributed by atoms with van der Waals surface area (Å²) in [6.07, 6.45) is 11.4. The smallest absolute Gasteiger partial charge is 0.0490 e. The van der Waals surface area contributed by atoms with Crippen molar-refractivity contribution in [2.45, 2.75) is 58.3 Å². The molecule has 0 aromatic heterocycles. The first kappa shape index (κ1) is 12.0. The van der Waals surface area contributed by atoms with Crippen molar-refractivity contribution in [3.63, 3.8) is 0 Å². The van der Waals surface area contributed by atoms with Crippen LogP contribution in [0.3, 0.4) is 0 Å². The Labute approximate surface area is 89.2 Å². The average Bonchev–Trinajstić information content (AvgIpc) is 2.21. The molecular formula is C13H26O. The molecule has 0 spiro atoms. The molecule has 0 unspecified atom stereocenters. The van der Waals surface area contributed by atoms with Gasteiger partial charge >= 0.3 is 0 Å². The number of ether oxygens (including phenoxy) is 1. The molecule has 0 saturated heterocycles. The first-order valence-corrected chi connectivity index (χ1v) is 6.35. The van der Waals surface area contributed by atoms with Crippen LogP contribution in [0.25, 0.3) is 0 Å². The molecule has 0 radical (unpaired) electrons. The summed E-state index contributed by atoms with van der Waals surface area (Å²) in [5.74, 6) is 1.90. The molecule has 0 aromatic rings. The molecule has 84 valence electrons. The molecule has 0 aromatic carbocycles. The van der Waals surface area contributed by atoms with Gasteiger partial charge in [-0.2, -0.15) is 0 Å². The Morgan fingerprint density at radius 3 is 2.21 bits per heavy atom. The Morgan fingerprint density at radius 2 is 1.64 bits per heavy atom. The molecule has 1 nitrogen and oxygen atoms in total. The van der Waals surface area contributed by atoms with Crippen LogP contribution in [-0.2, 0) is 4.74 Å². The molecular weight excluding hydrogens is 172 g/mol. The summed E-state index contributed by atoms with van der Waals surface area (Å²) in [5, 5.41) is 0. The van der Waals surface area contributed by atoms with Gasteiger partial charge in [-0.15, -0.1) is 0 Å². The third-order valence-electron chi connectivity index (χ3n) is 3.58. The average molecular weight is 198 g/mol. The lowest BCUT2D eigenvalue weighted by Gasteiger charge is -2.27. The third-order valence-corrected chi connectivity index (χ3v) is 3.58. The quantitative estimate of drug-likeness (QED) is 0.586. The highest BCUT2D eigenvalue weighted by atomic mass is 16.5. The second-order valence-electron chi connectivity index (χ2n) is 4.84. The Kier molecular flexibility index (Phi) is 6.25. The highest BCUT2D eigenvalue weighted by Gasteiger charge is 2.20. The number of hydrogen-bond donors (Lipinski definition) is 0. The van der Waals surface area contributed by atoms with Crippen LogP contribution in [-0.4, -0.2) is 13.7 Å². The summed E-state index contributed by atoms with van der Waals surface area (Å²) in [7, 11) is 1.83. The minimum Gasteiger partial charge on any atom is -0.384 e. The van der Waals surface area contributed by atoms with Crippen LogP contribution in [0.2, 0.25) is 0 Å². The van der Waals surface area contributed by atoms with Crippen molar-refractivity contribution in [3.05, 3.63) is 0 Å². The van der Waals surface area contributed by atoms with E-state index in [2.05, 4.69) is 6.92 Å². The lowest BCUT2D eigenvalue weighted by Crippen LogP contribution is -2.18. The minimum absolute atomic E-state index is 0.863. The van der Waals surface area contributed by atoms with Crippen molar-refractivity contribution in [2.24, 2.45) is 11.8 Å². The molecule has 1 heteroatoms. The fraction of sp³-hybridized carbons (Fsp3) is 1.00. The largest absolute Gasteiger partial charge is 0.384 e. The maximum Gasteiger partial charge on any atom is 0.0490 e. The fourth-order valence-electron chi connectivity index (χ4n) is 2.61.